The first-order valence-corrected chi connectivity index (χ1v) is 11.8. The van der Waals surface area contributed by atoms with E-state index in [0.717, 1.165) is 35.3 Å². The summed E-state index contributed by atoms with van der Waals surface area (Å²) in [6.07, 6.45) is 10.4. The summed E-state index contributed by atoms with van der Waals surface area (Å²) in [5.41, 5.74) is 4.20. The van der Waals surface area contributed by atoms with Crippen LogP contribution in [0.15, 0.2) is 77.0 Å². The van der Waals surface area contributed by atoms with E-state index in [0.29, 0.717) is 25.0 Å². The van der Waals surface area contributed by atoms with Gasteiger partial charge in [-0.25, -0.2) is 9.59 Å². The molecule has 0 radical (unpaired) electrons. The van der Waals surface area contributed by atoms with Gasteiger partial charge in [0.15, 0.2) is 0 Å². The molecule has 0 bridgehead atoms. The molecule has 1 aromatic carbocycles. The van der Waals surface area contributed by atoms with Gasteiger partial charge in [-0.05, 0) is 48.1 Å². The van der Waals surface area contributed by atoms with Gasteiger partial charge in [0.1, 0.15) is 6.10 Å². The zero-order valence-electron chi connectivity index (χ0n) is 18.1. The average molecular weight is 450 g/mol. The summed E-state index contributed by atoms with van der Waals surface area (Å²) in [5, 5.41) is 11.2. The fraction of sp³-hybridized carbons (Fsp3) is 0.308. The number of rotatable bonds is 8. The summed E-state index contributed by atoms with van der Waals surface area (Å²) in [7, 11) is 0. The molecule has 0 fully saturated rings. The Balaban J connectivity index is 1.63. The molecule has 4 rings (SSSR count). The summed E-state index contributed by atoms with van der Waals surface area (Å²) in [4.78, 5) is 27.1. The Morgan fingerprint density at radius 2 is 2.06 bits per heavy atom. The van der Waals surface area contributed by atoms with Crippen molar-refractivity contribution in [3.63, 3.8) is 0 Å². The summed E-state index contributed by atoms with van der Waals surface area (Å²) in [5.74, 6) is -1.16. The molecule has 1 atom stereocenters. The number of benzene rings is 1. The maximum Gasteiger partial charge on any atom is 0.335 e. The van der Waals surface area contributed by atoms with Crippen LogP contribution in [0.2, 0.25) is 0 Å². The van der Waals surface area contributed by atoms with Crippen LogP contribution in [0.1, 0.15) is 53.4 Å². The summed E-state index contributed by atoms with van der Waals surface area (Å²) in [6, 6.07) is 11.0. The van der Waals surface area contributed by atoms with E-state index >= 15 is 0 Å². The van der Waals surface area contributed by atoms with E-state index in [4.69, 9.17) is 9.84 Å². The minimum Gasteiger partial charge on any atom is -0.478 e. The van der Waals surface area contributed by atoms with Gasteiger partial charge in [-0.1, -0.05) is 37.6 Å². The molecule has 0 spiro atoms. The van der Waals surface area contributed by atoms with Gasteiger partial charge in [0.05, 0.1) is 5.56 Å². The van der Waals surface area contributed by atoms with Crippen molar-refractivity contribution in [2.24, 2.45) is 0 Å². The smallest absolute Gasteiger partial charge is 0.335 e. The van der Waals surface area contributed by atoms with Crippen LogP contribution in [0.3, 0.4) is 0 Å². The highest BCUT2D eigenvalue weighted by Crippen LogP contribution is 2.31. The van der Waals surface area contributed by atoms with Crippen LogP contribution >= 0.6 is 11.3 Å². The van der Waals surface area contributed by atoms with Gasteiger partial charge < -0.3 is 14.7 Å². The van der Waals surface area contributed by atoms with Crippen molar-refractivity contribution in [1.29, 1.82) is 0 Å². The number of carboxylic acid groups (broad SMARTS) is 1. The fourth-order valence-electron chi connectivity index (χ4n) is 3.98. The molecule has 5 nitrogen and oxygen atoms in total. The van der Waals surface area contributed by atoms with E-state index in [1.807, 2.05) is 35.7 Å². The van der Waals surface area contributed by atoms with Gasteiger partial charge in [0.25, 0.3) is 0 Å². The van der Waals surface area contributed by atoms with Crippen LogP contribution in [-0.2, 0) is 22.5 Å². The van der Waals surface area contributed by atoms with Crippen molar-refractivity contribution in [1.82, 2.24) is 4.90 Å². The van der Waals surface area contributed by atoms with Crippen molar-refractivity contribution in [3.8, 4) is 0 Å². The molecule has 2 aliphatic rings. The molecule has 3 heterocycles. The molecule has 0 saturated carbocycles. The zero-order chi connectivity index (χ0) is 22.5. The van der Waals surface area contributed by atoms with Gasteiger partial charge in [-0.2, -0.15) is 0 Å². The molecule has 32 heavy (non-hydrogen) atoms. The first-order chi connectivity index (χ1) is 15.5. The lowest BCUT2D eigenvalue weighted by Gasteiger charge is -2.26. The number of carbonyl (C=O) groups is 2. The van der Waals surface area contributed by atoms with Gasteiger partial charge in [-0.3, -0.25) is 0 Å². The van der Waals surface area contributed by atoms with E-state index in [2.05, 4.69) is 24.1 Å². The molecule has 0 aliphatic carbocycles. The third-order valence-electron chi connectivity index (χ3n) is 5.75. The second kappa shape index (κ2) is 10.0. The summed E-state index contributed by atoms with van der Waals surface area (Å²) >= 11 is 1.64. The summed E-state index contributed by atoms with van der Waals surface area (Å²) < 4.78 is 5.82. The fourth-order valence-corrected chi connectivity index (χ4v) is 4.71. The Morgan fingerprint density at radius 1 is 1.25 bits per heavy atom. The number of aromatic carboxylic acids is 1. The number of unbranched alkanes of at least 4 members (excludes halogenated alkanes) is 1. The Kier molecular flexibility index (Phi) is 6.90. The lowest BCUT2D eigenvalue weighted by Crippen LogP contribution is -2.26. The molecule has 1 N–H and O–H groups in total. The number of hydrogen-bond donors (Lipinski definition) is 1. The third-order valence-corrected chi connectivity index (χ3v) is 6.63. The number of ether oxygens (including phenoxy) is 1. The molecule has 1 unspecified atom stereocenters. The lowest BCUT2D eigenvalue weighted by atomic mass is 9.99. The molecule has 0 saturated heterocycles. The molecule has 2 aromatic rings. The normalized spacial score (nSPS) is 18.2. The molecule has 2 aliphatic heterocycles. The van der Waals surface area contributed by atoms with Crippen LogP contribution in [0.25, 0.3) is 0 Å². The molecule has 166 valence electrons. The number of carbonyl (C=O) groups excluding carboxylic acids is 1. The number of allylic oxidation sites excluding steroid dienone is 1. The Labute approximate surface area is 192 Å². The second-order valence-electron chi connectivity index (χ2n) is 8.11. The van der Waals surface area contributed by atoms with Crippen LogP contribution < -0.4 is 0 Å². The van der Waals surface area contributed by atoms with E-state index < -0.39 is 5.97 Å². The number of hydrogen-bond acceptors (Lipinski definition) is 5. The van der Waals surface area contributed by atoms with Crippen molar-refractivity contribution < 1.29 is 19.4 Å². The van der Waals surface area contributed by atoms with E-state index in [-0.39, 0.29) is 17.6 Å². The quantitative estimate of drug-likeness (QED) is 0.523. The second-order valence-corrected chi connectivity index (χ2v) is 9.15. The Hall–Kier alpha value is -3.12. The van der Waals surface area contributed by atoms with E-state index in [1.54, 1.807) is 23.5 Å². The predicted molar refractivity (Wildman–Crippen MR) is 125 cm³/mol. The highest BCUT2D eigenvalue weighted by molar-refractivity contribution is 7.09. The number of fused-ring (bicyclic) bond motifs is 1. The van der Waals surface area contributed by atoms with Crippen molar-refractivity contribution in [2.75, 3.05) is 0 Å². The average Bonchev–Trinajstić information content (AvgIpc) is 3.23. The topological polar surface area (TPSA) is 66.8 Å². The maximum absolute atomic E-state index is 12.6. The van der Waals surface area contributed by atoms with Crippen molar-refractivity contribution in [2.45, 2.75) is 51.7 Å². The van der Waals surface area contributed by atoms with Gasteiger partial charge in [-0.15, -0.1) is 11.3 Å². The van der Waals surface area contributed by atoms with E-state index in [9.17, 15) is 9.59 Å². The SMILES string of the molecule is CCCCC1=CCC2OC(=O)C(Cc3cccs3)=CC2=CN1Cc1ccc(C(=O)O)cc1. The summed E-state index contributed by atoms with van der Waals surface area (Å²) in [6.45, 7) is 2.81. The van der Waals surface area contributed by atoms with E-state index in [1.165, 1.54) is 5.70 Å². The van der Waals surface area contributed by atoms with Crippen molar-refractivity contribution >= 4 is 23.3 Å². The predicted octanol–water partition coefficient (Wildman–Crippen LogP) is 5.70. The first kappa shape index (κ1) is 22.1. The number of esters is 1. The van der Waals surface area contributed by atoms with Crippen molar-refractivity contribution in [3.05, 3.63) is 93.0 Å². The maximum atomic E-state index is 12.6. The number of nitrogens with zero attached hydrogens (tertiary/aromatic N) is 1. The molecular formula is C26H27NO4S. The minimum absolute atomic E-state index is 0.234. The van der Waals surface area contributed by atoms with Crippen LogP contribution in [0.5, 0.6) is 0 Å². The Bertz CT molecular complexity index is 1060. The highest BCUT2D eigenvalue weighted by atomic mass is 32.1. The molecule has 6 heteroatoms. The third kappa shape index (κ3) is 5.19. The van der Waals surface area contributed by atoms with Crippen LogP contribution in [0, 0.1) is 0 Å². The Morgan fingerprint density at radius 3 is 2.75 bits per heavy atom. The molecule has 1 aromatic heterocycles. The first-order valence-electron chi connectivity index (χ1n) is 11.0. The van der Waals surface area contributed by atoms with Gasteiger partial charge in [0, 0.05) is 47.3 Å². The molecular weight excluding hydrogens is 422 g/mol. The van der Waals surface area contributed by atoms with Gasteiger partial charge >= 0.3 is 11.9 Å². The van der Waals surface area contributed by atoms with Gasteiger partial charge in [0.2, 0.25) is 0 Å². The monoisotopic (exact) mass is 449 g/mol. The molecule has 0 amide bonds. The minimum atomic E-state index is -0.924. The standard InChI is InChI=1S/C26H27NO4S/c1-2-3-5-22-11-12-24-21(14-20(26(30)31-24)15-23-6-4-13-32-23)17-27(22)16-18-7-9-19(10-8-18)25(28)29/h4,6-11,13-14,17,24H,2-3,5,12,15-16H2,1H3,(H,28,29). The number of thiophene rings is 1. The van der Waals surface area contributed by atoms with Crippen LogP contribution in [0.4, 0.5) is 0 Å². The number of carboxylic acids is 1. The zero-order valence-corrected chi connectivity index (χ0v) is 18.9. The largest absolute Gasteiger partial charge is 0.478 e. The van der Waals surface area contributed by atoms with Crippen LogP contribution in [-0.4, -0.2) is 28.0 Å². The lowest BCUT2D eigenvalue weighted by molar-refractivity contribution is -0.143. The highest BCUT2D eigenvalue weighted by Gasteiger charge is 2.29.